The van der Waals surface area contributed by atoms with Gasteiger partial charge in [-0.15, -0.1) is 0 Å². The zero-order valence-corrected chi connectivity index (χ0v) is 10.2. The van der Waals surface area contributed by atoms with Crippen LogP contribution in [0.1, 0.15) is 36.7 Å². The number of hydrogen-bond donors (Lipinski definition) is 3. The number of carbonyl (C=O) groups is 2. The zero-order chi connectivity index (χ0) is 13.6. The van der Waals surface area contributed by atoms with Gasteiger partial charge in [-0.25, -0.2) is 9.59 Å². The van der Waals surface area contributed by atoms with Crippen LogP contribution >= 0.6 is 0 Å². The number of amides is 2. The van der Waals surface area contributed by atoms with E-state index in [0.29, 0.717) is 5.56 Å². The fourth-order valence-corrected chi connectivity index (χ4v) is 1.11. The molecule has 17 heavy (non-hydrogen) atoms. The second-order valence-electron chi connectivity index (χ2n) is 4.53. The first-order chi connectivity index (χ1) is 7.64. The van der Waals surface area contributed by atoms with Crippen LogP contribution in [0.15, 0.2) is 24.3 Å². The number of carboxylic acids is 1. The summed E-state index contributed by atoms with van der Waals surface area (Å²) in [6, 6.07) is 6.18. The average molecular weight is 238 g/mol. The Labute approximate surface area is 100 Å². The Morgan fingerprint density at radius 3 is 1.65 bits per heavy atom. The third-order valence-corrected chi connectivity index (χ3v) is 2.00. The predicted octanol–water partition coefficient (Wildman–Crippen LogP) is 1.71. The Bertz CT molecular complexity index is 387. The van der Waals surface area contributed by atoms with E-state index < -0.39 is 12.0 Å². The van der Waals surface area contributed by atoms with Gasteiger partial charge in [0.25, 0.3) is 0 Å². The van der Waals surface area contributed by atoms with Crippen LogP contribution in [-0.4, -0.2) is 17.1 Å². The lowest BCUT2D eigenvalue weighted by atomic mass is 9.87. The van der Waals surface area contributed by atoms with Gasteiger partial charge in [0.05, 0.1) is 5.56 Å². The van der Waals surface area contributed by atoms with Crippen LogP contribution in [0.4, 0.5) is 4.79 Å². The highest BCUT2D eigenvalue weighted by Crippen LogP contribution is 2.21. The maximum absolute atomic E-state index is 10.6. The van der Waals surface area contributed by atoms with Crippen molar-refractivity contribution >= 4 is 12.0 Å². The fourth-order valence-electron chi connectivity index (χ4n) is 1.11. The highest BCUT2D eigenvalue weighted by Gasteiger charge is 2.13. The van der Waals surface area contributed by atoms with E-state index in [0.717, 1.165) is 5.56 Å². The van der Waals surface area contributed by atoms with Crippen molar-refractivity contribution in [2.24, 2.45) is 11.5 Å². The number of primary amides is 2. The van der Waals surface area contributed by atoms with Crippen molar-refractivity contribution in [3.8, 4) is 0 Å². The van der Waals surface area contributed by atoms with E-state index in [2.05, 4.69) is 32.2 Å². The Hall–Kier alpha value is -2.04. The molecule has 1 aromatic carbocycles. The number of benzene rings is 1. The highest BCUT2D eigenvalue weighted by molar-refractivity contribution is 5.87. The fraction of sp³-hybridized carbons (Fsp3) is 0.333. The average Bonchev–Trinajstić information content (AvgIpc) is 2.15. The summed E-state index contributed by atoms with van der Waals surface area (Å²) >= 11 is 0. The first-order valence-electron chi connectivity index (χ1n) is 5.03. The zero-order valence-electron chi connectivity index (χ0n) is 10.2. The van der Waals surface area contributed by atoms with Gasteiger partial charge in [0.1, 0.15) is 0 Å². The summed E-state index contributed by atoms with van der Waals surface area (Å²) < 4.78 is 0. The molecular weight excluding hydrogens is 220 g/mol. The largest absolute Gasteiger partial charge is 0.478 e. The summed E-state index contributed by atoms with van der Waals surface area (Å²) in [5.74, 6) is -0.875. The third kappa shape index (κ3) is 6.19. The second kappa shape index (κ2) is 5.89. The molecule has 0 aliphatic heterocycles. The molecule has 5 heteroatoms. The molecule has 0 aromatic heterocycles. The first kappa shape index (κ1) is 15.0. The normalized spacial score (nSPS) is 10.1. The van der Waals surface area contributed by atoms with E-state index in [1.807, 2.05) is 12.1 Å². The number of nitrogens with two attached hydrogens (primary N) is 2. The molecule has 0 unspecified atom stereocenters. The number of rotatable bonds is 1. The second-order valence-corrected chi connectivity index (χ2v) is 4.53. The van der Waals surface area contributed by atoms with Crippen LogP contribution in [0.5, 0.6) is 0 Å². The molecular formula is C12H18N2O3. The molecule has 0 saturated heterocycles. The molecule has 0 aliphatic rings. The number of hydrogen-bond acceptors (Lipinski definition) is 2. The molecule has 1 aromatic rings. The van der Waals surface area contributed by atoms with Gasteiger partial charge in [-0.05, 0) is 23.1 Å². The van der Waals surface area contributed by atoms with Crippen LogP contribution in [0.3, 0.4) is 0 Å². The van der Waals surface area contributed by atoms with Crippen LogP contribution in [0.2, 0.25) is 0 Å². The molecule has 0 saturated carbocycles. The smallest absolute Gasteiger partial charge is 0.335 e. The van der Waals surface area contributed by atoms with E-state index in [4.69, 9.17) is 9.90 Å². The van der Waals surface area contributed by atoms with Crippen LogP contribution in [0, 0.1) is 0 Å². The molecule has 5 nitrogen and oxygen atoms in total. The summed E-state index contributed by atoms with van der Waals surface area (Å²) in [5.41, 5.74) is 10.1. The van der Waals surface area contributed by atoms with Gasteiger partial charge in [-0.2, -0.15) is 0 Å². The monoisotopic (exact) mass is 238 g/mol. The van der Waals surface area contributed by atoms with E-state index >= 15 is 0 Å². The van der Waals surface area contributed by atoms with E-state index in [9.17, 15) is 4.79 Å². The Kier molecular flexibility index (Phi) is 5.18. The van der Waals surface area contributed by atoms with Crippen LogP contribution < -0.4 is 11.5 Å². The molecule has 0 spiro atoms. The summed E-state index contributed by atoms with van der Waals surface area (Å²) in [5, 5.41) is 8.68. The van der Waals surface area contributed by atoms with Gasteiger partial charge < -0.3 is 16.6 Å². The standard InChI is InChI=1S/C11H14O2.CH4N2O/c1-11(2,3)9-6-4-8(5-7-9)10(12)13;2-1(3)4/h4-7H,1-3H3,(H,12,13);(H4,2,3,4). The maximum Gasteiger partial charge on any atom is 0.335 e. The molecule has 2 amide bonds. The first-order valence-corrected chi connectivity index (χ1v) is 5.03. The SMILES string of the molecule is CC(C)(C)c1ccc(C(=O)O)cc1.NC(N)=O. The minimum Gasteiger partial charge on any atom is -0.478 e. The molecule has 0 radical (unpaired) electrons. The van der Waals surface area contributed by atoms with Gasteiger partial charge in [-0.3, -0.25) is 0 Å². The van der Waals surface area contributed by atoms with E-state index in [1.165, 1.54) is 0 Å². The van der Waals surface area contributed by atoms with Crippen molar-refractivity contribution in [1.82, 2.24) is 0 Å². The molecule has 0 heterocycles. The highest BCUT2D eigenvalue weighted by atomic mass is 16.4. The lowest BCUT2D eigenvalue weighted by molar-refractivity contribution is 0.0697. The van der Waals surface area contributed by atoms with E-state index in [-0.39, 0.29) is 5.41 Å². The van der Waals surface area contributed by atoms with Crippen molar-refractivity contribution in [2.75, 3.05) is 0 Å². The lowest BCUT2D eigenvalue weighted by Gasteiger charge is -2.18. The van der Waals surface area contributed by atoms with Gasteiger partial charge in [0, 0.05) is 0 Å². The van der Waals surface area contributed by atoms with Crippen LogP contribution in [-0.2, 0) is 5.41 Å². The molecule has 94 valence electrons. The van der Waals surface area contributed by atoms with Crippen molar-refractivity contribution in [3.63, 3.8) is 0 Å². The maximum atomic E-state index is 10.6. The number of aromatic carboxylic acids is 1. The molecule has 0 atom stereocenters. The summed E-state index contributed by atoms with van der Waals surface area (Å²) in [7, 11) is 0. The molecule has 0 fully saturated rings. The van der Waals surface area contributed by atoms with Gasteiger partial charge in [0.2, 0.25) is 0 Å². The van der Waals surface area contributed by atoms with Crippen molar-refractivity contribution < 1.29 is 14.7 Å². The Balaban J connectivity index is 0.000000557. The number of carbonyl (C=O) groups excluding carboxylic acids is 1. The van der Waals surface area contributed by atoms with Crippen molar-refractivity contribution in [1.29, 1.82) is 0 Å². The minimum absolute atomic E-state index is 0.0804. The van der Waals surface area contributed by atoms with Crippen molar-refractivity contribution in [2.45, 2.75) is 26.2 Å². The molecule has 5 N–H and O–H groups in total. The predicted molar refractivity (Wildman–Crippen MR) is 65.9 cm³/mol. The summed E-state index contributed by atoms with van der Waals surface area (Å²) in [6.45, 7) is 6.30. The van der Waals surface area contributed by atoms with Crippen LogP contribution in [0.25, 0.3) is 0 Å². The summed E-state index contributed by atoms with van der Waals surface area (Å²) in [6.07, 6.45) is 0. The van der Waals surface area contributed by atoms with Gasteiger partial charge in [0.15, 0.2) is 0 Å². The minimum atomic E-state index is -0.875. The number of urea groups is 1. The number of carboxylic acid groups (broad SMARTS) is 1. The lowest BCUT2D eigenvalue weighted by Crippen LogP contribution is -2.18. The summed E-state index contributed by atoms with van der Waals surface area (Å²) in [4.78, 5) is 19.6. The Morgan fingerprint density at radius 1 is 1.06 bits per heavy atom. The van der Waals surface area contributed by atoms with Crippen molar-refractivity contribution in [3.05, 3.63) is 35.4 Å². The quantitative estimate of drug-likeness (QED) is 0.693. The van der Waals surface area contributed by atoms with Gasteiger partial charge >= 0.3 is 12.0 Å². The molecule has 0 bridgehead atoms. The van der Waals surface area contributed by atoms with E-state index in [1.54, 1.807) is 12.1 Å². The molecule has 0 aliphatic carbocycles. The topological polar surface area (TPSA) is 106 Å². The third-order valence-electron chi connectivity index (χ3n) is 2.00. The molecule has 1 rings (SSSR count). The Morgan fingerprint density at radius 2 is 1.41 bits per heavy atom. The van der Waals surface area contributed by atoms with Gasteiger partial charge in [-0.1, -0.05) is 32.9 Å².